The van der Waals surface area contributed by atoms with Crippen LogP contribution in [-0.4, -0.2) is 19.0 Å². The summed E-state index contributed by atoms with van der Waals surface area (Å²) in [5, 5.41) is 0.688. The van der Waals surface area contributed by atoms with E-state index in [0.717, 1.165) is 16.8 Å². The molecule has 0 bridgehead atoms. The molecule has 0 aliphatic heterocycles. The van der Waals surface area contributed by atoms with Crippen molar-refractivity contribution >= 4 is 23.2 Å². The minimum atomic E-state index is -0.562. The van der Waals surface area contributed by atoms with Crippen molar-refractivity contribution in [1.29, 1.82) is 0 Å². The lowest BCUT2D eigenvalue weighted by Gasteiger charge is -2.22. The summed E-state index contributed by atoms with van der Waals surface area (Å²) < 4.78 is 0. The largest absolute Gasteiger partial charge is 0.320 e. The van der Waals surface area contributed by atoms with Crippen LogP contribution in [0.3, 0.4) is 0 Å². The van der Waals surface area contributed by atoms with Crippen LogP contribution in [-0.2, 0) is 11.2 Å². The van der Waals surface area contributed by atoms with E-state index < -0.39 is 6.04 Å². The van der Waals surface area contributed by atoms with Gasteiger partial charge < -0.3 is 10.6 Å². The van der Waals surface area contributed by atoms with Crippen LogP contribution in [0.25, 0.3) is 0 Å². The fourth-order valence-corrected chi connectivity index (χ4v) is 2.29. The van der Waals surface area contributed by atoms with Gasteiger partial charge >= 0.3 is 0 Å². The second-order valence-electron chi connectivity index (χ2n) is 5.13. The highest BCUT2D eigenvalue weighted by Crippen LogP contribution is 2.22. The van der Waals surface area contributed by atoms with Gasteiger partial charge in [0.1, 0.15) is 0 Å². The summed E-state index contributed by atoms with van der Waals surface area (Å²) in [6.07, 6.45) is 0.524. The van der Waals surface area contributed by atoms with Crippen molar-refractivity contribution in [2.24, 2.45) is 5.73 Å². The Morgan fingerprint density at radius 2 is 1.90 bits per heavy atom. The quantitative estimate of drug-likeness (QED) is 0.943. The number of hydrogen-bond acceptors (Lipinski definition) is 2. The molecule has 0 fully saturated rings. The van der Waals surface area contributed by atoms with Crippen molar-refractivity contribution in [1.82, 2.24) is 0 Å². The van der Waals surface area contributed by atoms with Crippen LogP contribution in [0.5, 0.6) is 0 Å². The van der Waals surface area contributed by atoms with Crippen LogP contribution in [0.15, 0.2) is 48.5 Å². The van der Waals surface area contributed by atoms with Crippen molar-refractivity contribution in [2.45, 2.75) is 19.4 Å². The van der Waals surface area contributed by atoms with E-state index in [1.54, 1.807) is 18.0 Å². The molecule has 0 heterocycles. The zero-order chi connectivity index (χ0) is 15.4. The van der Waals surface area contributed by atoms with Gasteiger partial charge in [-0.3, -0.25) is 4.79 Å². The number of nitrogens with two attached hydrogens (primary N) is 1. The number of hydrogen-bond donors (Lipinski definition) is 1. The normalized spacial score (nSPS) is 12.0. The zero-order valence-electron chi connectivity index (χ0n) is 12.2. The predicted octanol–water partition coefficient (Wildman–Crippen LogP) is 3.18. The first-order chi connectivity index (χ1) is 9.99. The highest BCUT2D eigenvalue weighted by molar-refractivity contribution is 6.31. The van der Waals surface area contributed by atoms with Gasteiger partial charge in [-0.2, -0.15) is 0 Å². The van der Waals surface area contributed by atoms with Crippen molar-refractivity contribution in [2.75, 3.05) is 11.9 Å². The minimum Gasteiger partial charge on any atom is -0.320 e. The van der Waals surface area contributed by atoms with E-state index in [1.807, 2.05) is 49.4 Å². The molecule has 0 aliphatic carbocycles. The number of carbonyl (C=O) groups is 1. The summed E-state index contributed by atoms with van der Waals surface area (Å²) in [5.74, 6) is -0.111. The summed E-state index contributed by atoms with van der Waals surface area (Å²) in [5.41, 5.74) is 8.83. The lowest BCUT2D eigenvalue weighted by molar-refractivity contribution is -0.119. The standard InChI is InChI=1S/C17H19ClN2O/c1-12-10-14(8-9-15(12)18)20(2)17(21)16(19)11-13-6-4-3-5-7-13/h3-10,16H,11,19H2,1-2H3/t16-/m0/s1. The van der Waals surface area contributed by atoms with Crippen LogP contribution in [0.2, 0.25) is 5.02 Å². The number of rotatable bonds is 4. The molecule has 1 amide bonds. The van der Waals surface area contributed by atoms with Gasteiger partial charge in [0.25, 0.3) is 0 Å². The first-order valence-electron chi connectivity index (χ1n) is 6.82. The van der Waals surface area contributed by atoms with E-state index >= 15 is 0 Å². The summed E-state index contributed by atoms with van der Waals surface area (Å²) in [6.45, 7) is 1.91. The van der Waals surface area contributed by atoms with E-state index in [9.17, 15) is 4.79 Å². The Bertz CT molecular complexity index is 628. The maximum Gasteiger partial charge on any atom is 0.243 e. The Morgan fingerprint density at radius 3 is 2.52 bits per heavy atom. The Balaban J connectivity index is 2.09. The van der Waals surface area contributed by atoms with E-state index in [1.165, 1.54) is 0 Å². The van der Waals surface area contributed by atoms with Crippen LogP contribution < -0.4 is 10.6 Å². The third-order valence-corrected chi connectivity index (χ3v) is 3.90. The number of benzene rings is 2. The molecule has 0 radical (unpaired) electrons. The molecule has 110 valence electrons. The van der Waals surface area contributed by atoms with E-state index in [0.29, 0.717) is 11.4 Å². The molecule has 2 N–H and O–H groups in total. The molecule has 2 rings (SSSR count). The second-order valence-corrected chi connectivity index (χ2v) is 5.53. The molecule has 0 aliphatic rings. The average Bonchev–Trinajstić information content (AvgIpc) is 2.49. The van der Waals surface area contributed by atoms with Crippen molar-refractivity contribution < 1.29 is 4.79 Å². The molecule has 0 spiro atoms. The molecule has 0 aromatic heterocycles. The number of nitrogens with zero attached hydrogens (tertiary/aromatic N) is 1. The Kier molecular flexibility index (Phi) is 4.99. The van der Waals surface area contributed by atoms with E-state index in [-0.39, 0.29) is 5.91 Å². The molecular formula is C17H19ClN2O. The Hall–Kier alpha value is -1.84. The number of anilines is 1. The van der Waals surface area contributed by atoms with Gasteiger partial charge in [0.05, 0.1) is 6.04 Å². The van der Waals surface area contributed by atoms with Crippen molar-refractivity contribution in [3.8, 4) is 0 Å². The fraction of sp³-hybridized carbons (Fsp3) is 0.235. The molecule has 3 nitrogen and oxygen atoms in total. The van der Waals surface area contributed by atoms with E-state index in [2.05, 4.69) is 0 Å². The fourth-order valence-electron chi connectivity index (χ4n) is 2.17. The van der Waals surface area contributed by atoms with Crippen molar-refractivity contribution in [3.05, 3.63) is 64.7 Å². The molecule has 0 unspecified atom stereocenters. The summed E-state index contributed by atoms with van der Waals surface area (Å²) >= 11 is 6.01. The van der Waals surface area contributed by atoms with Gasteiger partial charge in [0.2, 0.25) is 5.91 Å². The third-order valence-electron chi connectivity index (χ3n) is 3.48. The van der Waals surface area contributed by atoms with Gasteiger partial charge in [-0.05, 0) is 42.7 Å². The molecule has 21 heavy (non-hydrogen) atoms. The number of likely N-dealkylation sites (N-methyl/N-ethyl adjacent to an activating group) is 1. The highest BCUT2D eigenvalue weighted by Gasteiger charge is 2.19. The number of amides is 1. The molecule has 1 atom stereocenters. The van der Waals surface area contributed by atoms with Crippen molar-refractivity contribution in [3.63, 3.8) is 0 Å². The van der Waals surface area contributed by atoms with Gasteiger partial charge in [-0.25, -0.2) is 0 Å². The molecule has 2 aromatic carbocycles. The first-order valence-corrected chi connectivity index (χ1v) is 7.20. The molecular weight excluding hydrogens is 284 g/mol. The second kappa shape index (κ2) is 6.74. The van der Waals surface area contributed by atoms with Crippen LogP contribution in [0.1, 0.15) is 11.1 Å². The zero-order valence-corrected chi connectivity index (χ0v) is 13.0. The smallest absolute Gasteiger partial charge is 0.243 e. The molecule has 0 saturated carbocycles. The van der Waals surface area contributed by atoms with Gasteiger partial charge in [-0.1, -0.05) is 41.9 Å². The lowest BCUT2D eigenvalue weighted by Crippen LogP contribution is -2.43. The summed E-state index contributed by atoms with van der Waals surface area (Å²) in [4.78, 5) is 14.0. The summed E-state index contributed by atoms with van der Waals surface area (Å²) in [6, 6.07) is 14.7. The SMILES string of the molecule is Cc1cc(N(C)C(=O)[C@@H](N)Cc2ccccc2)ccc1Cl. The summed E-state index contributed by atoms with van der Waals surface area (Å²) in [7, 11) is 1.73. The van der Waals surface area contributed by atoms with Gasteiger partial charge in [0, 0.05) is 17.8 Å². The maximum absolute atomic E-state index is 12.4. The van der Waals surface area contributed by atoms with Gasteiger partial charge in [-0.15, -0.1) is 0 Å². The molecule has 2 aromatic rings. The lowest BCUT2D eigenvalue weighted by atomic mass is 10.1. The Morgan fingerprint density at radius 1 is 1.24 bits per heavy atom. The number of halogens is 1. The first kappa shape index (κ1) is 15.5. The monoisotopic (exact) mass is 302 g/mol. The van der Waals surface area contributed by atoms with Crippen LogP contribution in [0.4, 0.5) is 5.69 Å². The molecule has 4 heteroatoms. The molecule has 0 saturated heterocycles. The van der Waals surface area contributed by atoms with Crippen LogP contribution in [0, 0.1) is 6.92 Å². The Labute approximate surface area is 130 Å². The minimum absolute atomic E-state index is 0.111. The maximum atomic E-state index is 12.4. The average molecular weight is 303 g/mol. The van der Waals surface area contributed by atoms with E-state index in [4.69, 9.17) is 17.3 Å². The third kappa shape index (κ3) is 3.84. The van der Waals surface area contributed by atoms with Gasteiger partial charge in [0.15, 0.2) is 0 Å². The highest BCUT2D eigenvalue weighted by atomic mass is 35.5. The topological polar surface area (TPSA) is 46.3 Å². The van der Waals surface area contributed by atoms with Crippen LogP contribution >= 0.6 is 11.6 Å². The predicted molar refractivity (Wildman–Crippen MR) is 87.7 cm³/mol. The number of carbonyl (C=O) groups excluding carboxylic acids is 1. The number of aryl methyl sites for hydroxylation is 1.